The minimum absolute atomic E-state index is 0.435. The van der Waals surface area contributed by atoms with Gasteiger partial charge in [-0.2, -0.15) is 0 Å². The van der Waals surface area contributed by atoms with Crippen LogP contribution in [-0.4, -0.2) is 28.0 Å². The quantitative estimate of drug-likeness (QED) is 0.812. The minimum Gasteiger partial charge on any atom is -0.467 e. The average molecular weight is 317 g/mol. The number of aryl methyl sites for hydroxylation is 1. The molecular weight excluding hydrogens is 294 g/mol. The monoisotopic (exact) mass is 317 g/mol. The molecule has 0 unspecified atom stereocenters. The van der Waals surface area contributed by atoms with E-state index < -0.39 is 0 Å². The Hall–Kier alpha value is -1.46. The number of methoxy groups -OCH3 is 1. The Labute approximate surface area is 136 Å². The van der Waals surface area contributed by atoms with Crippen LogP contribution in [0.15, 0.2) is 24.5 Å². The van der Waals surface area contributed by atoms with Crippen LogP contribution in [0.2, 0.25) is 0 Å². The van der Waals surface area contributed by atoms with Gasteiger partial charge in [-0.15, -0.1) is 11.3 Å². The van der Waals surface area contributed by atoms with Gasteiger partial charge in [-0.05, 0) is 31.9 Å². The van der Waals surface area contributed by atoms with Gasteiger partial charge < -0.3 is 4.74 Å². The molecule has 3 rings (SSSR count). The molecule has 0 aromatic carbocycles. The van der Waals surface area contributed by atoms with Gasteiger partial charge in [-0.1, -0.05) is 12.8 Å². The minimum atomic E-state index is 0.435. The summed E-state index contributed by atoms with van der Waals surface area (Å²) in [6.45, 7) is 4.10. The molecule has 0 spiro atoms. The third-order valence-corrected chi connectivity index (χ3v) is 5.23. The summed E-state index contributed by atoms with van der Waals surface area (Å²) in [5, 5.41) is 0. The lowest BCUT2D eigenvalue weighted by Gasteiger charge is -2.28. The van der Waals surface area contributed by atoms with Gasteiger partial charge in [0.15, 0.2) is 0 Å². The van der Waals surface area contributed by atoms with Gasteiger partial charge in [0.1, 0.15) is 0 Å². The van der Waals surface area contributed by atoms with Gasteiger partial charge in [0, 0.05) is 46.8 Å². The van der Waals surface area contributed by atoms with Crippen LogP contribution in [-0.2, 0) is 13.1 Å². The Balaban J connectivity index is 1.72. The van der Waals surface area contributed by atoms with Crippen molar-refractivity contribution >= 4 is 11.3 Å². The molecule has 0 atom stereocenters. The molecule has 0 saturated heterocycles. The zero-order valence-electron chi connectivity index (χ0n) is 13.3. The SMILES string of the molecule is COc1ncc(CN(Cc2ccc(C)s2)C2CCCC2)cn1. The molecule has 1 fully saturated rings. The van der Waals surface area contributed by atoms with E-state index in [9.17, 15) is 0 Å². The number of ether oxygens (including phenoxy) is 1. The molecule has 4 nitrogen and oxygen atoms in total. The summed E-state index contributed by atoms with van der Waals surface area (Å²) in [5.41, 5.74) is 1.15. The molecule has 0 N–H and O–H groups in total. The van der Waals surface area contributed by atoms with Gasteiger partial charge in [-0.3, -0.25) is 4.90 Å². The van der Waals surface area contributed by atoms with Crippen LogP contribution in [0.3, 0.4) is 0 Å². The summed E-state index contributed by atoms with van der Waals surface area (Å²) in [5.74, 6) is 0. The Morgan fingerprint density at radius 2 is 1.91 bits per heavy atom. The highest BCUT2D eigenvalue weighted by Crippen LogP contribution is 2.28. The molecule has 2 aromatic heterocycles. The summed E-state index contributed by atoms with van der Waals surface area (Å²) in [6.07, 6.45) is 9.08. The van der Waals surface area contributed by atoms with Gasteiger partial charge in [-0.25, -0.2) is 9.97 Å². The predicted molar refractivity (Wildman–Crippen MR) is 89.1 cm³/mol. The van der Waals surface area contributed by atoms with E-state index in [-0.39, 0.29) is 0 Å². The highest BCUT2D eigenvalue weighted by atomic mass is 32.1. The first-order valence-corrected chi connectivity index (χ1v) is 8.70. The van der Waals surface area contributed by atoms with E-state index in [0.29, 0.717) is 12.1 Å². The second kappa shape index (κ2) is 7.20. The molecule has 2 aromatic rings. The van der Waals surface area contributed by atoms with Crippen molar-refractivity contribution in [2.45, 2.75) is 51.7 Å². The summed E-state index contributed by atoms with van der Waals surface area (Å²) in [7, 11) is 1.60. The van der Waals surface area contributed by atoms with Crippen LogP contribution < -0.4 is 4.74 Å². The van der Waals surface area contributed by atoms with Crippen molar-refractivity contribution in [2.75, 3.05) is 7.11 Å². The van der Waals surface area contributed by atoms with Crippen molar-refractivity contribution in [2.24, 2.45) is 0 Å². The van der Waals surface area contributed by atoms with E-state index >= 15 is 0 Å². The number of aromatic nitrogens is 2. The normalized spacial score (nSPS) is 15.6. The third-order valence-electron chi connectivity index (χ3n) is 4.25. The summed E-state index contributed by atoms with van der Waals surface area (Å²) in [6, 6.07) is 5.59. The lowest BCUT2D eigenvalue weighted by Crippen LogP contribution is -2.32. The topological polar surface area (TPSA) is 38.2 Å². The first-order chi connectivity index (χ1) is 10.7. The standard InChI is InChI=1S/C17H23N3OS/c1-13-7-8-16(22-13)12-20(15-5-3-4-6-15)11-14-9-18-17(21-2)19-10-14/h7-10,15H,3-6,11-12H2,1-2H3. The van der Waals surface area contributed by atoms with E-state index in [2.05, 4.69) is 33.9 Å². The number of rotatable bonds is 6. The molecule has 0 radical (unpaired) electrons. The van der Waals surface area contributed by atoms with Crippen molar-refractivity contribution in [3.8, 4) is 6.01 Å². The van der Waals surface area contributed by atoms with E-state index in [1.165, 1.54) is 35.4 Å². The fourth-order valence-electron chi connectivity index (χ4n) is 3.12. The second-order valence-electron chi connectivity index (χ2n) is 5.93. The molecule has 0 aliphatic heterocycles. The largest absolute Gasteiger partial charge is 0.467 e. The van der Waals surface area contributed by atoms with Crippen LogP contribution in [0.4, 0.5) is 0 Å². The van der Waals surface area contributed by atoms with Crippen LogP contribution in [0.1, 0.15) is 41.0 Å². The number of hydrogen-bond acceptors (Lipinski definition) is 5. The lowest BCUT2D eigenvalue weighted by atomic mass is 10.2. The van der Waals surface area contributed by atoms with Crippen molar-refractivity contribution < 1.29 is 4.74 Å². The Kier molecular flexibility index (Phi) is 5.05. The highest BCUT2D eigenvalue weighted by Gasteiger charge is 2.23. The van der Waals surface area contributed by atoms with Crippen LogP contribution in [0, 0.1) is 6.92 Å². The fourth-order valence-corrected chi connectivity index (χ4v) is 4.03. The second-order valence-corrected chi connectivity index (χ2v) is 7.31. The molecule has 1 aliphatic carbocycles. The maximum Gasteiger partial charge on any atom is 0.316 e. The Morgan fingerprint density at radius 1 is 1.18 bits per heavy atom. The van der Waals surface area contributed by atoms with Crippen molar-refractivity contribution in [1.82, 2.24) is 14.9 Å². The molecule has 118 valence electrons. The molecular formula is C17H23N3OS. The predicted octanol–water partition coefficient (Wildman–Crippen LogP) is 3.80. The van der Waals surface area contributed by atoms with Crippen LogP contribution in [0.5, 0.6) is 6.01 Å². The summed E-state index contributed by atoms with van der Waals surface area (Å²) in [4.78, 5) is 13.9. The van der Waals surface area contributed by atoms with Gasteiger partial charge >= 0.3 is 6.01 Å². The Morgan fingerprint density at radius 3 is 2.50 bits per heavy atom. The van der Waals surface area contributed by atoms with E-state index in [1.54, 1.807) is 7.11 Å². The number of hydrogen-bond donors (Lipinski definition) is 0. The molecule has 5 heteroatoms. The first-order valence-electron chi connectivity index (χ1n) is 7.89. The van der Waals surface area contributed by atoms with Crippen LogP contribution >= 0.6 is 11.3 Å². The van der Waals surface area contributed by atoms with Crippen molar-refractivity contribution in [3.63, 3.8) is 0 Å². The van der Waals surface area contributed by atoms with Gasteiger partial charge in [0.25, 0.3) is 0 Å². The molecule has 2 heterocycles. The Bertz CT molecular complexity index is 590. The van der Waals surface area contributed by atoms with Gasteiger partial charge in [0.2, 0.25) is 0 Å². The molecule has 0 bridgehead atoms. The van der Waals surface area contributed by atoms with Crippen molar-refractivity contribution in [3.05, 3.63) is 39.8 Å². The summed E-state index contributed by atoms with van der Waals surface area (Å²) >= 11 is 1.90. The fraction of sp³-hybridized carbons (Fsp3) is 0.529. The maximum atomic E-state index is 5.04. The van der Waals surface area contributed by atoms with Gasteiger partial charge in [0.05, 0.1) is 7.11 Å². The third kappa shape index (κ3) is 3.84. The average Bonchev–Trinajstić information content (AvgIpc) is 3.19. The molecule has 0 amide bonds. The molecule has 1 saturated carbocycles. The van der Waals surface area contributed by atoms with E-state index in [4.69, 9.17) is 4.74 Å². The number of nitrogens with zero attached hydrogens (tertiary/aromatic N) is 3. The van der Waals surface area contributed by atoms with E-state index in [0.717, 1.165) is 18.7 Å². The zero-order valence-corrected chi connectivity index (χ0v) is 14.1. The number of thiophene rings is 1. The molecule has 1 aliphatic rings. The highest BCUT2D eigenvalue weighted by molar-refractivity contribution is 7.11. The molecule has 22 heavy (non-hydrogen) atoms. The van der Waals surface area contributed by atoms with Crippen LogP contribution in [0.25, 0.3) is 0 Å². The first kappa shape index (κ1) is 15.4. The smallest absolute Gasteiger partial charge is 0.316 e. The zero-order chi connectivity index (χ0) is 15.4. The maximum absolute atomic E-state index is 5.04. The van der Waals surface area contributed by atoms with E-state index in [1.807, 2.05) is 23.7 Å². The van der Waals surface area contributed by atoms with Crippen molar-refractivity contribution in [1.29, 1.82) is 0 Å². The lowest BCUT2D eigenvalue weighted by molar-refractivity contribution is 0.181. The summed E-state index contributed by atoms with van der Waals surface area (Å²) < 4.78 is 5.04.